The molecule has 1 aliphatic rings. The van der Waals surface area contributed by atoms with Crippen molar-refractivity contribution in [1.29, 1.82) is 0 Å². The number of halogens is 1. The number of nitrogens with one attached hydrogen (secondary N) is 1. The topological polar surface area (TPSA) is 38.0 Å². The fraction of sp³-hybridized carbons (Fsp3) is 0.600. The fourth-order valence-electron chi connectivity index (χ4n) is 2.99. The zero-order chi connectivity index (χ0) is 13.0. The van der Waals surface area contributed by atoms with Crippen molar-refractivity contribution >= 4 is 5.69 Å². The molecule has 0 bridgehead atoms. The van der Waals surface area contributed by atoms with E-state index in [0.29, 0.717) is 18.2 Å². The summed E-state index contributed by atoms with van der Waals surface area (Å²) < 4.78 is 13.6. The Morgan fingerprint density at radius 1 is 1.39 bits per heavy atom. The van der Waals surface area contributed by atoms with Crippen molar-refractivity contribution in [2.45, 2.75) is 38.6 Å². The number of para-hydroxylation sites is 1. The summed E-state index contributed by atoms with van der Waals surface area (Å²) in [6.45, 7) is 2.86. The van der Waals surface area contributed by atoms with Gasteiger partial charge in [0.2, 0.25) is 0 Å². The summed E-state index contributed by atoms with van der Waals surface area (Å²) in [6.07, 6.45) is 4.98. The Morgan fingerprint density at radius 3 is 2.83 bits per heavy atom. The van der Waals surface area contributed by atoms with E-state index < -0.39 is 0 Å². The fourth-order valence-corrected chi connectivity index (χ4v) is 2.99. The van der Waals surface area contributed by atoms with Gasteiger partial charge in [-0.3, -0.25) is 0 Å². The Bertz CT molecular complexity index is 381. The minimum absolute atomic E-state index is 0.185. The van der Waals surface area contributed by atoms with Gasteiger partial charge in [-0.2, -0.15) is 0 Å². The van der Waals surface area contributed by atoms with Crippen LogP contribution in [0.1, 0.15) is 32.6 Å². The number of hydrogen-bond donors (Lipinski definition) is 2. The Kier molecular flexibility index (Phi) is 4.59. The van der Waals surface area contributed by atoms with Gasteiger partial charge in [0, 0.05) is 12.6 Å². The van der Waals surface area contributed by atoms with E-state index >= 15 is 0 Å². The van der Waals surface area contributed by atoms with E-state index in [1.54, 1.807) is 12.1 Å². The van der Waals surface area contributed by atoms with Gasteiger partial charge in [0.25, 0.3) is 0 Å². The van der Waals surface area contributed by atoms with E-state index in [1.807, 2.05) is 6.07 Å². The van der Waals surface area contributed by atoms with Crippen molar-refractivity contribution < 1.29 is 4.39 Å². The molecule has 0 spiro atoms. The normalized spacial score (nSPS) is 25.7. The largest absolute Gasteiger partial charge is 0.378 e. The van der Waals surface area contributed by atoms with Crippen molar-refractivity contribution in [3.63, 3.8) is 0 Å². The predicted molar refractivity (Wildman–Crippen MR) is 74.0 cm³/mol. The van der Waals surface area contributed by atoms with Gasteiger partial charge >= 0.3 is 0 Å². The van der Waals surface area contributed by atoms with Crippen LogP contribution in [-0.4, -0.2) is 12.6 Å². The van der Waals surface area contributed by atoms with Crippen LogP contribution >= 0.6 is 0 Å². The molecule has 0 aromatic heterocycles. The lowest BCUT2D eigenvalue weighted by atomic mass is 9.78. The Labute approximate surface area is 109 Å². The summed E-state index contributed by atoms with van der Waals surface area (Å²) in [5.41, 5.74) is 6.44. The highest BCUT2D eigenvalue weighted by Crippen LogP contribution is 2.32. The number of rotatable bonds is 4. The molecule has 18 heavy (non-hydrogen) atoms. The molecular formula is C15H23FN2. The second kappa shape index (κ2) is 6.19. The van der Waals surface area contributed by atoms with E-state index in [1.165, 1.54) is 31.7 Å². The molecule has 100 valence electrons. The molecule has 3 N–H and O–H groups in total. The lowest BCUT2D eigenvalue weighted by molar-refractivity contribution is 0.257. The molecule has 1 aromatic rings. The van der Waals surface area contributed by atoms with Crippen molar-refractivity contribution in [1.82, 2.24) is 0 Å². The van der Waals surface area contributed by atoms with Crippen LogP contribution in [0.15, 0.2) is 24.3 Å². The molecule has 0 aliphatic heterocycles. The molecule has 0 saturated heterocycles. The predicted octanol–water partition coefficient (Wildman–Crippen LogP) is 3.39. The molecule has 1 aliphatic carbocycles. The lowest BCUT2D eigenvalue weighted by Crippen LogP contribution is -2.38. The van der Waals surface area contributed by atoms with E-state index in [9.17, 15) is 4.39 Å². The van der Waals surface area contributed by atoms with Crippen LogP contribution in [0, 0.1) is 17.7 Å². The SMILES string of the molecule is CC1CCCC(C(CN)Nc2ccccc2F)C1. The lowest BCUT2D eigenvalue weighted by Gasteiger charge is -2.33. The zero-order valence-electron chi connectivity index (χ0n) is 11.0. The van der Waals surface area contributed by atoms with Crippen LogP contribution in [-0.2, 0) is 0 Å². The van der Waals surface area contributed by atoms with Crippen LogP contribution in [0.2, 0.25) is 0 Å². The van der Waals surface area contributed by atoms with Crippen LogP contribution in [0.5, 0.6) is 0 Å². The molecule has 0 amide bonds. The number of nitrogens with two attached hydrogens (primary N) is 1. The van der Waals surface area contributed by atoms with Crippen molar-refractivity contribution in [2.75, 3.05) is 11.9 Å². The summed E-state index contributed by atoms with van der Waals surface area (Å²) in [6, 6.07) is 7.01. The molecule has 1 fully saturated rings. The minimum Gasteiger partial charge on any atom is -0.378 e. The Hall–Kier alpha value is -1.09. The van der Waals surface area contributed by atoms with Crippen molar-refractivity contribution in [3.05, 3.63) is 30.1 Å². The average molecular weight is 250 g/mol. The van der Waals surface area contributed by atoms with E-state index in [-0.39, 0.29) is 11.9 Å². The van der Waals surface area contributed by atoms with Gasteiger partial charge in [-0.1, -0.05) is 31.9 Å². The first-order valence-electron chi connectivity index (χ1n) is 6.92. The monoisotopic (exact) mass is 250 g/mol. The maximum absolute atomic E-state index is 13.6. The number of anilines is 1. The average Bonchev–Trinajstić information content (AvgIpc) is 2.38. The highest BCUT2D eigenvalue weighted by Gasteiger charge is 2.26. The van der Waals surface area contributed by atoms with Crippen LogP contribution in [0.3, 0.4) is 0 Å². The van der Waals surface area contributed by atoms with Gasteiger partial charge < -0.3 is 11.1 Å². The van der Waals surface area contributed by atoms with Crippen LogP contribution in [0.25, 0.3) is 0 Å². The summed E-state index contributed by atoms with van der Waals surface area (Å²) in [4.78, 5) is 0. The first kappa shape index (κ1) is 13.3. The second-order valence-corrected chi connectivity index (χ2v) is 5.50. The maximum atomic E-state index is 13.6. The molecule has 3 unspecified atom stereocenters. The van der Waals surface area contributed by atoms with Gasteiger partial charge in [0.1, 0.15) is 5.82 Å². The Balaban J connectivity index is 2.03. The van der Waals surface area contributed by atoms with E-state index in [0.717, 1.165) is 5.92 Å². The van der Waals surface area contributed by atoms with Gasteiger partial charge in [0.05, 0.1) is 5.69 Å². The zero-order valence-corrected chi connectivity index (χ0v) is 11.0. The second-order valence-electron chi connectivity index (χ2n) is 5.50. The van der Waals surface area contributed by atoms with E-state index in [4.69, 9.17) is 5.73 Å². The third kappa shape index (κ3) is 3.22. The third-order valence-electron chi connectivity index (χ3n) is 4.01. The number of hydrogen-bond acceptors (Lipinski definition) is 2. The molecule has 3 atom stereocenters. The molecule has 0 heterocycles. The molecule has 2 nitrogen and oxygen atoms in total. The smallest absolute Gasteiger partial charge is 0.146 e. The minimum atomic E-state index is -0.195. The number of benzene rings is 1. The Morgan fingerprint density at radius 2 is 2.17 bits per heavy atom. The third-order valence-corrected chi connectivity index (χ3v) is 4.01. The molecular weight excluding hydrogens is 227 g/mol. The first-order chi connectivity index (χ1) is 8.70. The highest BCUT2D eigenvalue weighted by molar-refractivity contribution is 5.45. The highest BCUT2D eigenvalue weighted by atomic mass is 19.1. The summed E-state index contributed by atoms with van der Waals surface area (Å²) in [7, 11) is 0. The maximum Gasteiger partial charge on any atom is 0.146 e. The standard InChI is InChI=1S/C15H23FN2/c1-11-5-4-6-12(9-11)15(10-17)18-14-8-3-2-7-13(14)16/h2-3,7-8,11-12,15,18H,4-6,9-10,17H2,1H3. The van der Waals surface area contributed by atoms with Gasteiger partial charge in [-0.25, -0.2) is 4.39 Å². The molecule has 3 heteroatoms. The molecule has 2 rings (SSSR count). The van der Waals surface area contributed by atoms with E-state index in [2.05, 4.69) is 12.2 Å². The first-order valence-corrected chi connectivity index (χ1v) is 6.92. The summed E-state index contributed by atoms with van der Waals surface area (Å²) >= 11 is 0. The van der Waals surface area contributed by atoms with Crippen molar-refractivity contribution in [3.8, 4) is 0 Å². The molecule has 1 saturated carbocycles. The summed E-state index contributed by atoms with van der Waals surface area (Å²) in [5, 5.41) is 3.29. The van der Waals surface area contributed by atoms with Gasteiger partial charge in [0.15, 0.2) is 0 Å². The van der Waals surface area contributed by atoms with Crippen LogP contribution < -0.4 is 11.1 Å². The summed E-state index contributed by atoms with van der Waals surface area (Å²) in [5.74, 6) is 1.14. The quantitative estimate of drug-likeness (QED) is 0.859. The van der Waals surface area contributed by atoms with Crippen LogP contribution in [0.4, 0.5) is 10.1 Å². The molecule has 0 radical (unpaired) electrons. The van der Waals surface area contributed by atoms with Gasteiger partial charge in [-0.05, 0) is 36.8 Å². The van der Waals surface area contributed by atoms with Gasteiger partial charge in [-0.15, -0.1) is 0 Å². The van der Waals surface area contributed by atoms with Crippen molar-refractivity contribution in [2.24, 2.45) is 17.6 Å². The molecule has 1 aromatic carbocycles.